The van der Waals surface area contributed by atoms with E-state index in [1.165, 1.54) is 0 Å². The van der Waals surface area contributed by atoms with Crippen LogP contribution in [0.4, 0.5) is 0 Å². The summed E-state index contributed by atoms with van der Waals surface area (Å²) in [4.78, 5) is 13.6. The number of carbonyl (C=O) groups excluding carboxylic acids is 1. The van der Waals surface area contributed by atoms with E-state index in [-0.39, 0.29) is 24.6 Å². The third-order valence-electron chi connectivity index (χ3n) is 2.98. The molecule has 2 N–H and O–H groups in total. The average molecular weight is 214 g/mol. The first kappa shape index (κ1) is 12.5. The summed E-state index contributed by atoms with van der Waals surface area (Å²) in [6.07, 6.45) is 1.07. The molecule has 1 aliphatic rings. The standard InChI is InChI=1S/C11H22N2O2/c1-8(2)12-11(15)6-13-5-4-9(3)10(13)7-14/h8-10,14H,4-7H2,1-3H3,(H,12,15). The molecule has 0 aromatic carbocycles. The first-order chi connectivity index (χ1) is 7.04. The van der Waals surface area contributed by atoms with E-state index in [2.05, 4.69) is 17.1 Å². The number of hydrogen-bond donors (Lipinski definition) is 2. The molecule has 2 unspecified atom stereocenters. The Morgan fingerprint density at radius 2 is 2.27 bits per heavy atom. The second-order valence-corrected chi connectivity index (χ2v) is 4.71. The van der Waals surface area contributed by atoms with Crippen LogP contribution in [0.25, 0.3) is 0 Å². The van der Waals surface area contributed by atoms with E-state index in [9.17, 15) is 9.90 Å². The second kappa shape index (κ2) is 5.47. The van der Waals surface area contributed by atoms with Gasteiger partial charge in [-0.05, 0) is 32.7 Å². The summed E-state index contributed by atoms with van der Waals surface area (Å²) < 4.78 is 0. The predicted molar refractivity (Wildman–Crippen MR) is 59.5 cm³/mol. The Bertz CT molecular complexity index is 219. The zero-order valence-electron chi connectivity index (χ0n) is 9.86. The van der Waals surface area contributed by atoms with Crippen molar-refractivity contribution in [1.29, 1.82) is 0 Å². The minimum atomic E-state index is 0.0533. The minimum absolute atomic E-state index is 0.0533. The Hall–Kier alpha value is -0.610. The van der Waals surface area contributed by atoms with E-state index in [0.29, 0.717) is 12.5 Å². The third-order valence-corrected chi connectivity index (χ3v) is 2.98. The van der Waals surface area contributed by atoms with Gasteiger partial charge in [0.1, 0.15) is 0 Å². The van der Waals surface area contributed by atoms with Crippen LogP contribution < -0.4 is 5.32 Å². The van der Waals surface area contributed by atoms with E-state index in [4.69, 9.17) is 0 Å². The van der Waals surface area contributed by atoms with E-state index >= 15 is 0 Å². The quantitative estimate of drug-likeness (QED) is 0.703. The molecule has 0 radical (unpaired) electrons. The lowest BCUT2D eigenvalue weighted by Crippen LogP contribution is -2.44. The molecule has 0 saturated carbocycles. The monoisotopic (exact) mass is 214 g/mol. The first-order valence-corrected chi connectivity index (χ1v) is 5.69. The topological polar surface area (TPSA) is 52.6 Å². The highest BCUT2D eigenvalue weighted by Gasteiger charge is 2.31. The van der Waals surface area contributed by atoms with Gasteiger partial charge in [0.2, 0.25) is 5.91 Å². The molecule has 88 valence electrons. The molecule has 15 heavy (non-hydrogen) atoms. The molecule has 0 aliphatic carbocycles. The molecule has 1 saturated heterocycles. The highest BCUT2D eigenvalue weighted by molar-refractivity contribution is 5.78. The van der Waals surface area contributed by atoms with Crippen LogP contribution in [0.15, 0.2) is 0 Å². The largest absolute Gasteiger partial charge is 0.395 e. The number of nitrogens with one attached hydrogen (secondary N) is 1. The fourth-order valence-corrected chi connectivity index (χ4v) is 2.13. The molecule has 0 bridgehead atoms. The summed E-state index contributed by atoms with van der Waals surface area (Å²) >= 11 is 0. The van der Waals surface area contributed by atoms with Gasteiger partial charge in [-0.2, -0.15) is 0 Å². The van der Waals surface area contributed by atoms with Gasteiger partial charge in [0.25, 0.3) is 0 Å². The Balaban J connectivity index is 2.41. The predicted octanol–water partition coefficient (Wildman–Crippen LogP) is 0.214. The lowest BCUT2D eigenvalue weighted by atomic mass is 10.0. The van der Waals surface area contributed by atoms with Gasteiger partial charge in [-0.25, -0.2) is 0 Å². The molecule has 1 fully saturated rings. The molecule has 1 amide bonds. The van der Waals surface area contributed by atoms with Gasteiger partial charge < -0.3 is 10.4 Å². The number of aliphatic hydroxyl groups is 1. The van der Waals surface area contributed by atoms with E-state index in [1.54, 1.807) is 0 Å². The smallest absolute Gasteiger partial charge is 0.234 e. The second-order valence-electron chi connectivity index (χ2n) is 4.71. The maximum Gasteiger partial charge on any atom is 0.234 e. The lowest BCUT2D eigenvalue weighted by molar-refractivity contribution is -0.123. The van der Waals surface area contributed by atoms with Gasteiger partial charge in [0.15, 0.2) is 0 Å². The average Bonchev–Trinajstić information content (AvgIpc) is 2.45. The summed E-state index contributed by atoms with van der Waals surface area (Å²) in [6, 6.07) is 0.341. The zero-order chi connectivity index (χ0) is 11.4. The normalized spacial score (nSPS) is 27.3. The molecule has 1 aliphatic heterocycles. The number of amides is 1. The molecule has 0 spiro atoms. The van der Waals surface area contributed by atoms with E-state index < -0.39 is 0 Å². The fraction of sp³-hybridized carbons (Fsp3) is 0.909. The van der Waals surface area contributed by atoms with Crippen LogP contribution in [0.5, 0.6) is 0 Å². The number of rotatable bonds is 4. The number of aliphatic hydroxyl groups excluding tert-OH is 1. The van der Waals surface area contributed by atoms with E-state index in [1.807, 2.05) is 13.8 Å². The molecule has 1 rings (SSSR count). The molecule has 2 atom stereocenters. The van der Waals surface area contributed by atoms with Gasteiger partial charge in [-0.15, -0.1) is 0 Å². The summed E-state index contributed by atoms with van der Waals surface area (Å²) in [6.45, 7) is 7.51. The van der Waals surface area contributed by atoms with Gasteiger partial charge in [-0.1, -0.05) is 6.92 Å². The maximum absolute atomic E-state index is 11.5. The molecule has 4 heteroatoms. The van der Waals surface area contributed by atoms with Crippen LogP contribution >= 0.6 is 0 Å². The SMILES string of the molecule is CC(C)NC(=O)CN1CCC(C)C1CO. The van der Waals surface area contributed by atoms with Crippen molar-refractivity contribution >= 4 is 5.91 Å². The highest BCUT2D eigenvalue weighted by atomic mass is 16.3. The van der Waals surface area contributed by atoms with Crippen molar-refractivity contribution in [3.63, 3.8) is 0 Å². The summed E-state index contributed by atoms with van der Waals surface area (Å²) in [5.74, 6) is 0.541. The maximum atomic E-state index is 11.5. The molecular weight excluding hydrogens is 192 g/mol. The van der Waals surface area contributed by atoms with Crippen molar-refractivity contribution in [1.82, 2.24) is 10.2 Å². The third kappa shape index (κ3) is 3.47. The Morgan fingerprint density at radius 3 is 2.80 bits per heavy atom. The van der Waals surface area contributed by atoms with Crippen LogP contribution in [0.1, 0.15) is 27.2 Å². The number of carbonyl (C=O) groups is 1. The Morgan fingerprint density at radius 1 is 1.60 bits per heavy atom. The van der Waals surface area contributed by atoms with Gasteiger partial charge in [0, 0.05) is 12.1 Å². The van der Waals surface area contributed by atoms with Crippen LogP contribution in [0.3, 0.4) is 0 Å². The van der Waals surface area contributed by atoms with Gasteiger partial charge >= 0.3 is 0 Å². The van der Waals surface area contributed by atoms with E-state index in [0.717, 1.165) is 13.0 Å². The van der Waals surface area contributed by atoms with Crippen molar-refractivity contribution in [2.75, 3.05) is 19.7 Å². The van der Waals surface area contributed by atoms with Crippen molar-refractivity contribution in [3.8, 4) is 0 Å². The minimum Gasteiger partial charge on any atom is -0.395 e. The lowest BCUT2D eigenvalue weighted by Gasteiger charge is -2.24. The van der Waals surface area contributed by atoms with Crippen molar-refractivity contribution in [2.24, 2.45) is 5.92 Å². The fourth-order valence-electron chi connectivity index (χ4n) is 2.13. The Kier molecular flexibility index (Phi) is 4.54. The van der Waals surface area contributed by atoms with Crippen molar-refractivity contribution < 1.29 is 9.90 Å². The molecular formula is C11H22N2O2. The van der Waals surface area contributed by atoms with Crippen molar-refractivity contribution in [2.45, 2.75) is 39.3 Å². The van der Waals surface area contributed by atoms with Crippen LogP contribution in [0, 0.1) is 5.92 Å². The molecule has 0 aromatic heterocycles. The Labute approximate surface area is 91.6 Å². The molecule has 0 aromatic rings. The molecule has 1 heterocycles. The zero-order valence-corrected chi connectivity index (χ0v) is 9.86. The molecule has 4 nitrogen and oxygen atoms in total. The number of nitrogens with zero attached hydrogens (tertiary/aromatic N) is 1. The summed E-state index contributed by atoms with van der Waals surface area (Å²) in [7, 11) is 0. The summed E-state index contributed by atoms with van der Waals surface area (Å²) in [5, 5.41) is 12.1. The van der Waals surface area contributed by atoms with Gasteiger partial charge in [-0.3, -0.25) is 9.69 Å². The first-order valence-electron chi connectivity index (χ1n) is 5.69. The van der Waals surface area contributed by atoms with Crippen LogP contribution in [-0.4, -0.2) is 47.7 Å². The highest BCUT2D eigenvalue weighted by Crippen LogP contribution is 2.22. The van der Waals surface area contributed by atoms with Gasteiger partial charge in [0.05, 0.1) is 13.2 Å². The van der Waals surface area contributed by atoms with Crippen LogP contribution in [0.2, 0.25) is 0 Å². The van der Waals surface area contributed by atoms with Crippen molar-refractivity contribution in [3.05, 3.63) is 0 Å². The number of likely N-dealkylation sites (tertiary alicyclic amines) is 1. The number of hydrogen-bond acceptors (Lipinski definition) is 3. The summed E-state index contributed by atoms with van der Waals surface area (Å²) in [5.41, 5.74) is 0. The van der Waals surface area contributed by atoms with Crippen LogP contribution in [-0.2, 0) is 4.79 Å².